The molecule has 18 aromatic rings. The topological polar surface area (TPSA) is 25.4 Å². The predicted octanol–water partition coefficient (Wildman–Crippen LogP) is 23.2. The van der Waals surface area contributed by atoms with Gasteiger partial charge in [0.05, 0.1) is 37.8 Å². The summed E-state index contributed by atoms with van der Waals surface area (Å²) < 4.78 is 13.1. The molecule has 6 heterocycles. The maximum atomic E-state index is 8.09. The quantitative estimate of drug-likeness (QED) is 0.120. The SMILES string of the molecule is c1ccc(-c2cccc(-c3ccccc3)c2N2c3cc4c(cc3B3c5ccccc5N(c5cccc6c5sc5ccccc56)c5cc(N(c6ccccc6)c6ccccc6)cc2c53)B2c3ccccc3N(c3cccc5c3sc3ccccc35)c3cc(N(c5ccccc5)c5ccccc5)cc(c32)O4)cc1. The van der Waals surface area contributed by atoms with Gasteiger partial charge in [0.1, 0.15) is 11.5 Å². The smallest absolute Gasteiger partial charge is 0.256 e. The first kappa shape index (κ1) is 60.5. The van der Waals surface area contributed by atoms with E-state index in [9.17, 15) is 0 Å². The lowest BCUT2D eigenvalue weighted by atomic mass is 9.30. The highest BCUT2D eigenvalue weighted by Gasteiger charge is 2.49. The molecule has 2 aromatic heterocycles. The van der Waals surface area contributed by atoms with Crippen molar-refractivity contribution in [3.8, 4) is 33.8 Å². The number of benzene rings is 16. The van der Waals surface area contributed by atoms with Gasteiger partial charge in [0.25, 0.3) is 13.4 Å². The molecule has 0 atom stereocenters. The molecular weight excluding hydrogens is 1320 g/mol. The van der Waals surface area contributed by atoms with Crippen molar-refractivity contribution < 1.29 is 4.74 Å². The molecule has 0 aliphatic carbocycles. The summed E-state index contributed by atoms with van der Waals surface area (Å²) in [5.41, 5.74) is 27.6. The number of nitrogens with zero attached hydrogens (tertiary/aromatic N) is 5. The van der Waals surface area contributed by atoms with Crippen LogP contribution in [0.5, 0.6) is 11.5 Å². The minimum atomic E-state index is -0.273. The van der Waals surface area contributed by atoms with E-state index in [0.717, 1.165) is 130 Å². The van der Waals surface area contributed by atoms with E-state index in [1.807, 2.05) is 22.7 Å². The van der Waals surface area contributed by atoms with Crippen molar-refractivity contribution in [3.05, 3.63) is 370 Å². The van der Waals surface area contributed by atoms with Crippen LogP contribution in [0.15, 0.2) is 370 Å². The first-order chi connectivity index (χ1) is 52.6. The van der Waals surface area contributed by atoms with Gasteiger partial charge in [-0.05, 0) is 147 Å². The molecule has 0 fully saturated rings. The summed E-state index contributed by atoms with van der Waals surface area (Å²) >= 11 is 3.74. The van der Waals surface area contributed by atoms with Crippen molar-refractivity contribution in [3.63, 3.8) is 0 Å². The number of thiophene rings is 2. The molecule has 22 rings (SSSR count). The third kappa shape index (κ3) is 9.31. The Hall–Kier alpha value is -13.1. The summed E-state index contributed by atoms with van der Waals surface area (Å²) in [7, 11) is 0. The molecular formula is C96H61B2N5OS2. The second kappa shape index (κ2) is 24.3. The predicted molar refractivity (Wildman–Crippen MR) is 452 cm³/mol. The maximum Gasteiger partial charge on any atom is 0.256 e. The highest BCUT2D eigenvalue weighted by atomic mass is 32.1. The second-order valence-corrected chi connectivity index (χ2v) is 29.9. The van der Waals surface area contributed by atoms with Crippen molar-refractivity contribution in [1.82, 2.24) is 0 Å². The zero-order valence-corrected chi connectivity index (χ0v) is 59.0. The highest BCUT2D eigenvalue weighted by molar-refractivity contribution is 7.27. The van der Waals surface area contributed by atoms with Gasteiger partial charge in [0.2, 0.25) is 0 Å². The van der Waals surface area contributed by atoms with Crippen LogP contribution in [0.1, 0.15) is 0 Å². The van der Waals surface area contributed by atoms with E-state index in [1.165, 1.54) is 62.2 Å². The van der Waals surface area contributed by atoms with Gasteiger partial charge in [-0.25, -0.2) is 0 Å². The van der Waals surface area contributed by atoms with Gasteiger partial charge < -0.3 is 29.2 Å². The average molecular weight is 1390 g/mol. The fourth-order valence-corrected chi connectivity index (χ4v) is 20.0. The Morgan fingerprint density at radius 3 is 1.11 bits per heavy atom. The van der Waals surface area contributed by atoms with E-state index in [4.69, 9.17) is 4.74 Å². The Kier molecular flexibility index (Phi) is 13.8. The molecule has 16 aromatic carbocycles. The van der Waals surface area contributed by atoms with Crippen LogP contribution in [0.2, 0.25) is 0 Å². The minimum absolute atomic E-state index is 0.261. The number of fused-ring (bicyclic) bond motifs is 14. The summed E-state index contributed by atoms with van der Waals surface area (Å²) in [4.78, 5) is 12.6. The lowest BCUT2D eigenvalue weighted by Gasteiger charge is -2.46. The summed E-state index contributed by atoms with van der Waals surface area (Å²) in [6.07, 6.45) is 0. The van der Waals surface area contributed by atoms with Crippen LogP contribution in [0.3, 0.4) is 0 Å². The zero-order chi connectivity index (χ0) is 69.5. The second-order valence-electron chi connectivity index (χ2n) is 27.8. The number of ether oxygens (including phenoxy) is 1. The Bertz CT molecular complexity index is 6420. The lowest BCUT2D eigenvalue weighted by Crippen LogP contribution is -2.64. The summed E-state index contributed by atoms with van der Waals surface area (Å²) in [5.74, 6) is 1.61. The van der Waals surface area contributed by atoms with Gasteiger partial charge in [0, 0.05) is 111 Å². The molecule has 0 unspecified atom stereocenters. The molecule has 106 heavy (non-hydrogen) atoms. The maximum absolute atomic E-state index is 8.09. The Labute approximate surface area is 623 Å². The van der Waals surface area contributed by atoms with Crippen molar-refractivity contribution >= 4 is 195 Å². The number of hydrogen-bond acceptors (Lipinski definition) is 8. The van der Waals surface area contributed by atoms with E-state index >= 15 is 0 Å². The van der Waals surface area contributed by atoms with Crippen LogP contribution < -0.4 is 62.0 Å². The van der Waals surface area contributed by atoms with Gasteiger partial charge in [-0.3, -0.25) is 0 Å². The number of hydrogen-bond donors (Lipinski definition) is 0. The largest absolute Gasteiger partial charge is 0.458 e. The molecule has 4 aliphatic rings. The monoisotopic (exact) mass is 1390 g/mol. The Balaban J connectivity index is 0.870. The first-order valence-corrected chi connectivity index (χ1v) is 37.9. The van der Waals surface area contributed by atoms with E-state index < -0.39 is 0 Å². The number of rotatable bonds is 11. The zero-order valence-electron chi connectivity index (χ0n) is 57.3. The Morgan fingerprint density at radius 2 is 0.623 bits per heavy atom. The van der Waals surface area contributed by atoms with Crippen molar-refractivity contribution in [2.24, 2.45) is 0 Å². The van der Waals surface area contributed by atoms with Crippen molar-refractivity contribution in [2.45, 2.75) is 0 Å². The van der Waals surface area contributed by atoms with E-state index in [1.54, 1.807) is 0 Å². The summed E-state index contributed by atoms with van der Waals surface area (Å²) in [6, 6.07) is 137. The first-order valence-electron chi connectivity index (χ1n) is 36.3. The van der Waals surface area contributed by atoms with Crippen LogP contribution in [0, 0.1) is 0 Å². The van der Waals surface area contributed by atoms with E-state index in [2.05, 4.69) is 395 Å². The standard InChI is InChI=1S/C96H61B2N5OS2/c1-7-30-62(31-8-1)70-44-27-45-71(63-32-9-2-10-33-63)94(70)103-84-61-88-79(98-77-49-22-24-51-81(77)102(83-53-29-47-75-73-43-20-26-55-91(73)106-96(75)83)87-58-69(59-89(104-88)93(87)98)100(66-38-15-5-16-39-66)67-40-17-6-18-41-67)60-78(84)97-76-48-21-23-50-80(76)101(82-52-28-46-74-72-42-19-25-54-90(72)105-95(74)82)85-56-68(57-86(103)92(85)97)99(64-34-11-3-12-35-64)65-36-13-4-14-37-65/h1-61H. The van der Waals surface area contributed by atoms with Gasteiger partial charge >= 0.3 is 0 Å². The molecule has 0 radical (unpaired) electrons. The molecule has 4 aliphatic heterocycles. The Morgan fingerprint density at radius 1 is 0.245 bits per heavy atom. The van der Waals surface area contributed by atoms with E-state index in [0.29, 0.717) is 0 Å². The molecule has 0 saturated heterocycles. The van der Waals surface area contributed by atoms with Gasteiger partial charge in [-0.1, -0.05) is 255 Å². The third-order valence-electron chi connectivity index (χ3n) is 22.0. The van der Waals surface area contributed by atoms with Crippen molar-refractivity contribution in [1.29, 1.82) is 0 Å². The van der Waals surface area contributed by atoms with Crippen LogP contribution >= 0.6 is 22.7 Å². The van der Waals surface area contributed by atoms with Crippen LogP contribution in [0.4, 0.5) is 85.3 Å². The molecule has 0 saturated carbocycles. The van der Waals surface area contributed by atoms with Crippen LogP contribution in [0.25, 0.3) is 62.6 Å². The van der Waals surface area contributed by atoms with Gasteiger partial charge in [-0.2, -0.15) is 0 Å². The molecule has 10 heteroatoms. The third-order valence-corrected chi connectivity index (χ3v) is 24.4. The van der Waals surface area contributed by atoms with Gasteiger partial charge in [0.15, 0.2) is 0 Å². The number of anilines is 15. The summed E-state index contributed by atoms with van der Waals surface area (Å²) in [5, 5.41) is 5.01. The van der Waals surface area contributed by atoms with Crippen LogP contribution in [-0.2, 0) is 0 Å². The molecule has 494 valence electrons. The summed E-state index contributed by atoms with van der Waals surface area (Å²) in [6.45, 7) is -0.534. The van der Waals surface area contributed by atoms with Gasteiger partial charge in [-0.15, -0.1) is 22.7 Å². The minimum Gasteiger partial charge on any atom is -0.458 e. The fraction of sp³-hybridized carbons (Fsp3) is 0. The lowest BCUT2D eigenvalue weighted by molar-refractivity contribution is 0.488. The molecule has 0 spiro atoms. The molecule has 0 bridgehead atoms. The molecule has 0 N–H and O–H groups in total. The molecule has 6 nitrogen and oxygen atoms in total. The number of para-hydroxylation sites is 7. The fourth-order valence-electron chi connectivity index (χ4n) is 17.6. The highest BCUT2D eigenvalue weighted by Crippen LogP contribution is 2.56. The molecule has 0 amide bonds. The van der Waals surface area contributed by atoms with E-state index in [-0.39, 0.29) is 13.4 Å². The normalized spacial score (nSPS) is 12.9. The van der Waals surface area contributed by atoms with Crippen molar-refractivity contribution in [2.75, 3.05) is 24.5 Å². The average Bonchev–Trinajstić information content (AvgIpc) is 0.724. The van der Waals surface area contributed by atoms with Crippen LogP contribution in [-0.4, -0.2) is 13.4 Å².